The smallest absolute Gasteiger partial charge is 0.00572 e. The van der Waals surface area contributed by atoms with Crippen LogP contribution in [-0.4, -0.2) is 0 Å². The lowest BCUT2D eigenvalue weighted by Crippen LogP contribution is -2.12. The first-order valence-corrected chi connectivity index (χ1v) is 5.23. The fourth-order valence-corrected chi connectivity index (χ4v) is 2.69. The van der Waals surface area contributed by atoms with Crippen molar-refractivity contribution in [2.75, 3.05) is 0 Å². The molecule has 0 heterocycles. The predicted octanol–water partition coefficient (Wildman–Crippen LogP) is 3.54. The van der Waals surface area contributed by atoms with E-state index < -0.39 is 0 Å². The molecule has 0 aromatic heterocycles. The molecule has 0 aromatic rings. The first kappa shape index (κ1) is 7.37. The quantitative estimate of drug-likeness (QED) is 0.521. The summed E-state index contributed by atoms with van der Waals surface area (Å²) in [6.45, 7) is 0. The van der Waals surface area contributed by atoms with Gasteiger partial charge in [-0.25, -0.2) is 0 Å². The molecule has 3 aliphatic carbocycles. The van der Waals surface area contributed by atoms with Gasteiger partial charge >= 0.3 is 0 Å². The fraction of sp³-hybridized carbons (Fsp3) is 0.385. The van der Waals surface area contributed by atoms with Gasteiger partial charge in [-0.3, -0.25) is 0 Å². The summed E-state index contributed by atoms with van der Waals surface area (Å²) < 4.78 is 0. The molecule has 0 aliphatic heterocycles. The summed E-state index contributed by atoms with van der Waals surface area (Å²) in [6.07, 6.45) is 16.8. The number of hydrogen-bond acceptors (Lipinski definition) is 0. The topological polar surface area (TPSA) is 0 Å². The highest BCUT2D eigenvalue weighted by molar-refractivity contribution is 5.52. The van der Waals surface area contributed by atoms with E-state index in [1.807, 2.05) is 0 Å². The third-order valence-electron chi connectivity index (χ3n) is 3.36. The Morgan fingerprint density at radius 2 is 2.15 bits per heavy atom. The summed E-state index contributed by atoms with van der Waals surface area (Å²) in [5.41, 5.74) is 4.74. The van der Waals surface area contributed by atoms with Crippen LogP contribution in [0.15, 0.2) is 47.1 Å². The van der Waals surface area contributed by atoms with Crippen LogP contribution >= 0.6 is 0 Å². The van der Waals surface area contributed by atoms with Gasteiger partial charge in [-0.2, -0.15) is 0 Å². The molecule has 0 saturated carbocycles. The molecule has 0 amide bonds. The van der Waals surface area contributed by atoms with Crippen LogP contribution < -0.4 is 0 Å². The molecule has 0 saturated heterocycles. The Bertz CT molecular complexity index is 350. The molecule has 0 aromatic carbocycles. The summed E-state index contributed by atoms with van der Waals surface area (Å²) in [7, 11) is 0. The summed E-state index contributed by atoms with van der Waals surface area (Å²) in [4.78, 5) is 0. The van der Waals surface area contributed by atoms with Crippen LogP contribution in [0.4, 0.5) is 0 Å². The van der Waals surface area contributed by atoms with Crippen LogP contribution in [0.2, 0.25) is 0 Å². The maximum Gasteiger partial charge on any atom is 0.00572 e. The van der Waals surface area contributed by atoms with Gasteiger partial charge in [0.05, 0.1) is 0 Å². The van der Waals surface area contributed by atoms with Gasteiger partial charge in [0.1, 0.15) is 0 Å². The van der Waals surface area contributed by atoms with Crippen LogP contribution in [-0.2, 0) is 0 Å². The fourth-order valence-electron chi connectivity index (χ4n) is 2.69. The van der Waals surface area contributed by atoms with E-state index in [0.717, 1.165) is 5.92 Å². The summed E-state index contributed by atoms with van der Waals surface area (Å²) in [5.74, 6) is 0.767. The maximum absolute atomic E-state index is 2.42. The normalized spacial score (nSPS) is 30.2. The van der Waals surface area contributed by atoms with E-state index in [0.29, 0.717) is 0 Å². The molecule has 3 aliphatic rings. The number of fused-ring (bicyclic) bond motifs is 2. The lowest BCUT2D eigenvalue weighted by Gasteiger charge is -2.27. The zero-order valence-corrected chi connectivity index (χ0v) is 7.79. The van der Waals surface area contributed by atoms with Gasteiger partial charge in [0.15, 0.2) is 0 Å². The van der Waals surface area contributed by atoms with Gasteiger partial charge in [0, 0.05) is 5.92 Å². The average Bonchev–Trinajstić information content (AvgIpc) is 2.65. The van der Waals surface area contributed by atoms with Crippen molar-refractivity contribution < 1.29 is 0 Å². The third kappa shape index (κ3) is 1.05. The second kappa shape index (κ2) is 2.73. The Morgan fingerprint density at radius 1 is 1.15 bits per heavy atom. The zero-order valence-electron chi connectivity index (χ0n) is 7.79. The summed E-state index contributed by atoms with van der Waals surface area (Å²) >= 11 is 0. The zero-order chi connectivity index (χ0) is 8.67. The van der Waals surface area contributed by atoms with Gasteiger partial charge in [0.2, 0.25) is 0 Å². The molecule has 1 atom stereocenters. The molecule has 3 rings (SSSR count). The Labute approximate surface area is 79.3 Å². The molecular weight excluding hydrogens is 156 g/mol. The standard InChI is InChI=1S/C13H14/c1-2-6-12-10(4-1)8-9-11-5-3-7-13(11)12/h3-5,8-9,12H,1-2,6-7H2. The van der Waals surface area contributed by atoms with Crippen molar-refractivity contribution in [1.82, 2.24) is 0 Å². The van der Waals surface area contributed by atoms with E-state index in [2.05, 4.69) is 30.4 Å². The summed E-state index contributed by atoms with van der Waals surface area (Å²) in [6, 6.07) is 0. The van der Waals surface area contributed by atoms with Gasteiger partial charge < -0.3 is 0 Å². The first-order valence-electron chi connectivity index (χ1n) is 5.23. The monoisotopic (exact) mass is 170 g/mol. The van der Waals surface area contributed by atoms with Gasteiger partial charge in [0.25, 0.3) is 0 Å². The van der Waals surface area contributed by atoms with Crippen molar-refractivity contribution in [3.05, 3.63) is 47.1 Å². The molecule has 66 valence electrons. The molecule has 0 radical (unpaired) electrons. The highest BCUT2D eigenvalue weighted by Gasteiger charge is 2.25. The van der Waals surface area contributed by atoms with Gasteiger partial charge in [-0.15, -0.1) is 0 Å². The molecule has 0 spiro atoms. The molecule has 0 heteroatoms. The van der Waals surface area contributed by atoms with Gasteiger partial charge in [-0.1, -0.05) is 36.0 Å². The average molecular weight is 170 g/mol. The van der Waals surface area contributed by atoms with Crippen LogP contribution in [0.3, 0.4) is 0 Å². The van der Waals surface area contributed by atoms with Crippen molar-refractivity contribution in [3.63, 3.8) is 0 Å². The summed E-state index contributed by atoms with van der Waals surface area (Å²) in [5, 5.41) is 0. The highest BCUT2D eigenvalue weighted by atomic mass is 14.3. The van der Waals surface area contributed by atoms with Crippen LogP contribution in [0.5, 0.6) is 0 Å². The molecule has 0 nitrogen and oxygen atoms in total. The van der Waals surface area contributed by atoms with Crippen molar-refractivity contribution in [3.8, 4) is 0 Å². The van der Waals surface area contributed by atoms with Crippen LogP contribution in [0.1, 0.15) is 25.7 Å². The van der Waals surface area contributed by atoms with Crippen molar-refractivity contribution in [2.24, 2.45) is 5.92 Å². The second-order valence-corrected chi connectivity index (χ2v) is 4.11. The third-order valence-corrected chi connectivity index (χ3v) is 3.36. The largest absolute Gasteiger partial charge is 0.0807 e. The lowest BCUT2D eigenvalue weighted by atomic mass is 9.77. The van der Waals surface area contributed by atoms with Crippen molar-refractivity contribution in [1.29, 1.82) is 0 Å². The SMILES string of the molecule is C1=CC2=C(C1)C1CCCC=C1C=C2. The molecule has 1 unspecified atom stereocenters. The highest BCUT2D eigenvalue weighted by Crippen LogP contribution is 2.40. The van der Waals surface area contributed by atoms with E-state index in [9.17, 15) is 0 Å². The van der Waals surface area contributed by atoms with Crippen LogP contribution in [0.25, 0.3) is 0 Å². The molecule has 0 bridgehead atoms. The van der Waals surface area contributed by atoms with E-state index in [1.54, 1.807) is 11.1 Å². The molecular formula is C13H14. The minimum Gasteiger partial charge on any atom is -0.0807 e. The number of rotatable bonds is 0. The predicted molar refractivity (Wildman–Crippen MR) is 55.3 cm³/mol. The van der Waals surface area contributed by atoms with E-state index in [4.69, 9.17) is 0 Å². The van der Waals surface area contributed by atoms with Crippen molar-refractivity contribution >= 4 is 0 Å². The molecule has 13 heavy (non-hydrogen) atoms. The number of allylic oxidation sites excluding steroid dienone is 8. The van der Waals surface area contributed by atoms with Crippen LogP contribution in [0, 0.1) is 5.92 Å². The minimum atomic E-state index is 0.767. The van der Waals surface area contributed by atoms with E-state index in [-0.39, 0.29) is 0 Å². The molecule has 0 fully saturated rings. The number of hydrogen-bond donors (Lipinski definition) is 0. The Hall–Kier alpha value is -1.04. The molecule has 0 N–H and O–H groups in total. The Kier molecular flexibility index (Phi) is 1.55. The Balaban J connectivity index is 2.05. The maximum atomic E-state index is 2.42. The lowest BCUT2D eigenvalue weighted by molar-refractivity contribution is 0.573. The second-order valence-electron chi connectivity index (χ2n) is 4.11. The first-order chi connectivity index (χ1) is 6.45. The van der Waals surface area contributed by atoms with E-state index in [1.165, 1.54) is 31.3 Å². The van der Waals surface area contributed by atoms with Gasteiger partial charge in [-0.05, 0) is 36.8 Å². The minimum absolute atomic E-state index is 0.767. The van der Waals surface area contributed by atoms with E-state index >= 15 is 0 Å². The Morgan fingerprint density at radius 3 is 3.15 bits per heavy atom. The van der Waals surface area contributed by atoms with Crippen molar-refractivity contribution in [2.45, 2.75) is 25.7 Å².